The van der Waals surface area contributed by atoms with Crippen LogP contribution in [0, 0.1) is 17.6 Å². The first-order valence-electron chi connectivity index (χ1n) is 5.95. The Morgan fingerprint density at radius 3 is 2.71 bits per heavy atom. The van der Waals surface area contributed by atoms with Crippen LogP contribution >= 0.6 is 0 Å². The third-order valence-electron chi connectivity index (χ3n) is 3.63. The summed E-state index contributed by atoms with van der Waals surface area (Å²) in [6.45, 7) is 3.76. The maximum atomic E-state index is 13.7. The molecule has 1 aliphatic rings. The second-order valence-electron chi connectivity index (χ2n) is 4.75. The van der Waals surface area contributed by atoms with Gasteiger partial charge >= 0.3 is 0 Å². The SMILES string of the molecule is C=C[C@H]1CC[C@H](c2cc(F)ccc2F)C(N)C1. The lowest BCUT2D eigenvalue weighted by Crippen LogP contribution is -2.35. The molecule has 92 valence electrons. The third-order valence-corrected chi connectivity index (χ3v) is 3.63. The van der Waals surface area contributed by atoms with Gasteiger partial charge in [-0.05, 0) is 48.9 Å². The molecule has 0 heterocycles. The highest BCUT2D eigenvalue weighted by Gasteiger charge is 2.29. The van der Waals surface area contributed by atoms with E-state index in [9.17, 15) is 8.78 Å². The lowest BCUT2D eigenvalue weighted by molar-refractivity contribution is 0.323. The van der Waals surface area contributed by atoms with Gasteiger partial charge in [-0.25, -0.2) is 8.78 Å². The van der Waals surface area contributed by atoms with Crippen molar-refractivity contribution >= 4 is 0 Å². The van der Waals surface area contributed by atoms with Crippen molar-refractivity contribution < 1.29 is 8.78 Å². The fourth-order valence-corrected chi connectivity index (χ4v) is 2.64. The van der Waals surface area contributed by atoms with Gasteiger partial charge in [-0.3, -0.25) is 0 Å². The third kappa shape index (κ3) is 2.55. The number of hydrogen-bond acceptors (Lipinski definition) is 1. The Balaban J connectivity index is 2.22. The van der Waals surface area contributed by atoms with Crippen LogP contribution in [0.15, 0.2) is 30.9 Å². The molecule has 3 atom stereocenters. The Labute approximate surface area is 100 Å². The highest BCUT2D eigenvalue weighted by molar-refractivity contribution is 5.25. The van der Waals surface area contributed by atoms with Gasteiger partial charge in [-0.15, -0.1) is 6.58 Å². The first-order chi connectivity index (χ1) is 8.11. The summed E-state index contributed by atoms with van der Waals surface area (Å²) in [5.74, 6) is -0.442. The molecule has 0 aliphatic heterocycles. The Morgan fingerprint density at radius 2 is 2.06 bits per heavy atom. The fourth-order valence-electron chi connectivity index (χ4n) is 2.64. The Bertz CT molecular complexity index is 417. The van der Waals surface area contributed by atoms with Gasteiger partial charge in [0.1, 0.15) is 11.6 Å². The zero-order valence-corrected chi connectivity index (χ0v) is 9.70. The topological polar surface area (TPSA) is 26.0 Å². The van der Waals surface area contributed by atoms with Crippen LogP contribution in [0.25, 0.3) is 0 Å². The molecule has 0 aromatic heterocycles. The maximum Gasteiger partial charge on any atom is 0.126 e. The van der Waals surface area contributed by atoms with Crippen LogP contribution in [0.3, 0.4) is 0 Å². The predicted molar refractivity (Wildman–Crippen MR) is 64.6 cm³/mol. The van der Waals surface area contributed by atoms with Gasteiger partial charge in [0.25, 0.3) is 0 Å². The summed E-state index contributed by atoms with van der Waals surface area (Å²) >= 11 is 0. The molecular weight excluding hydrogens is 220 g/mol. The predicted octanol–water partition coefficient (Wildman–Crippen LogP) is 3.36. The van der Waals surface area contributed by atoms with E-state index in [1.165, 1.54) is 12.1 Å². The number of hydrogen-bond donors (Lipinski definition) is 1. The van der Waals surface area contributed by atoms with E-state index >= 15 is 0 Å². The molecule has 1 aromatic carbocycles. The minimum atomic E-state index is -0.403. The number of rotatable bonds is 2. The summed E-state index contributed by atoms with van der Waals surface area (Å²) in [6, 6.07) is 3.47. The molecule has 0 bridgehead atoms. The van der Waals surface area contributed by atoms with E-state index in [4.69, 9.17) is 5.73 Å². The van der Waals surface area contributed by atoms with Crippen molar-refractivity contribution in [2.75, 3.05) is 0 Å². The van der Waals surface area contributed by atoms with Crippen molar-refractivity contribution in [3.05, 3.63) is 48.1 Å². The maximum absolute atomic E-state index is 13.7. The minimum Gasteiger partial charge on any atom is -0.327 e. The summed E-state index contributed by atoms with van der Waals surface area (Å²) in [7, 11) is 0. The molecule has 0 saturated heterocycles. The monoisotopic (exact) mass is 237 g/mol. The van der Waals surface area contributed by atoms with E-state index in [0.717, 1.165) is 25.3 Å². The van der Waals surface area contributed by atoms with E-state index in [1.807, 2.05) is 6.08 Å². The molecule has 1 fully saturated rings. The summed E-state index contributed by atoms with van der Waals surface area (Å²) in [5, 5.41) is 0. The highest BCUT2D eigenvalue weighted by atomic mass is 19.1. The van der Waals surface area contributed by atoms with Crippen LogP contribution in [0.2, 0.25) is 0 Å². The molecule has 1 unspecified atom stereocenters. The number of benzene rings is 1. The van der Waals surface area contributed by atoms with E-state index in [0.29, 0.717) is 11.5 Å². The summed E-state index contributed by atoms with van der Waals surface area (Å²) < 4.78 is 26.8. The van der Waals surface area contributed by atoms with Crippen molar-refractivity contribution in [1.82, 2.24) is 0 Å². The average Bonchev–Trinajstić information content (AvgIpc) is 2.32. The minimum absolute atomic E-state index is 0.0816. The highest BCUT2D eigenvalue weighted by Crippen LogP contribution is 2.36. The summed E-state index contributed by atoms with van der Waals surface area (Å²) in [6.07, 6.45) is 4.43. The summed E-state index contributed by atoms with van der Waals surface area (Å²) in [5.41, 5.74) is 6.48. The van der Waals surface area contributed by atoms with Gasteiger partial charge in [-0.2, -0.15) is 0 Å². The van der Waals surface area contributed by atoms with Crippen molar-refractivity contribution in [3.8, 4) is 0 Å². The number of nitrogens with two attached hydrogens (primary N) is 1. The fraction of sp³-hybridized carbons (Fsp3) is 0.429. The van der Waals surface area contributed by atoms with Gasteiger partial charge in [0.2, 0.25) is 0 Å². The van der Waals surface area contributed by atoms with Crippen molar-refractivity contribution in [2.45, 2.75) is 31.2 Å². The van der Waals surface area contributed by atoms with Gasteiger partial charge in [-0.1, -0.05) is 6.08 Å². The number of allylic oxidation sites excluding steroid dienone is 1. The van der Waals surface area contributed by atoms with Gasteiger partial charge < -0.3 is 5.73 Å². The first kappa shape index (κ1) is 12.2. The molecule has 2 rings (SSSR count). The van der Waals surface area contributed by atoms with Gasteiger partial charge in [0, 0.05) is 12.0 Å². The number of halogens is 2. The van der Waals surface area contributed by atoms with Crippen molar-refractivity contribution in [1.29, 1.82) is 0 Å². The standard InChI is InChI=1S/C14H17F2N/c1-2-9-3-5-11(14(17)7-9)12-8-10(15)4-6-13(12)16/h2,4,6,8-9,11,14H,1,3,5,7,17H2/t9-,11+,14?/m0/s1. The molecule has 1 nitrogen and oxygen atoms in total. The molecule has 0 amide bonds. The van der Waals surface area contributed by atoms with Crippen LogP contribution in [0.1, 0.15) is 30.7 Å². The van der Waals surface area contributed by atoms with E-state index in [-0.39, 0.29) is 17.8 Å². The summed E-state index contributed by atoms with van der Waals surface area (Å²) in [4.78, 5) is 0. The molecule has 17 heavy (non-hydrogen) atoms. The average molecular weight is 237 g/mol. The Hall–Kier alpha value is -1.22. The molecule has 0 spiro atoms. The Kier molecular flexibility index (Phi) is 3.57. The largest absolute Gasteiger partial charge is 0.327 e. The van der Waals surface area contributed by atoms with E-state index < -0.39 is 5.82 Å². The van der Waals surface area contributed by atoms with Crippen LogP contribution < -0.4 is 5.73 Å². The molecule has 2 N–H and O–H groups in total. The zero-order valence-electron chi connectivity index (χ0n) is 9.70. The van der Waals surface area contributed by atoms with Crippen LogP contribution in [-0.4, -0.2) is 6.04 Å². The second-order valence-corrected chi connectivity index (χ2v) is 4.75. The van der Waals surface area contributed by atoms with E-state index in [1.54, 1.807) is 0 Å². The van der Waals surface area contributed by atoms with Crippen LogP contribution in [0.5, 0.6) is 0 Å². The first-order valence-corrected chi connectivity index (χ1v) is 5.95. The molecule has 1 aromatic rings. The van der Waals surface area contributed by atoms with Crippen LogP contribution in [0.4, 0.5) is 8.78 Å². The van der Waals surface area contributed by atoms with Crippen LogP contribution in [-0.2, 0) is 0 Å². The molecular formula is C14H17F2N. The quantitative estimate of drug-likeness (QED) is 0.784. The van der Waals surface area contributed by atoms with Gasteiger partial charge in [0.15, 0.2) is 0 Å². The normalized spacial score (nSPS) is 29.0. The zero-order chi connectivity index (χ0) is 12.4. The molecule has 1 aliphatic carbocycles. The second kappa shape index (κ2) is 4.96. The smallest absolute Gasteiger partial charge is 0.126 e. The van der Waals surface area contributed by atoms with E-state index in [2.05, 4.69) is 6.58 Å². The van der Waals surface area contributed by atoms with Crippen molar-refractivity contribution in [2.24, 2.45) is 11.7 Å². The molecule has 3 heteroatoms. The lowest BCUT2D eigenvalue weighted by Gasteiger charge is -2.33. The van der Waals surface area contributed by atoms with Crippen molar-refractivity contribution in [3.63, 3.8) is 0 Å². The Morgan fingerprint density at radius 1 is 1.29 bits per heavy atom. The van der Waals surface area contributed by atoms with Gasteiger partial charge in [0.05, 0.1) is 0 Å². The molecule has 0 radical (unpaired) electrons. The lowest BCUT2D eigenvalue weighted by atomic mass is 9.75. The molecule has 1 saturated carbocycles.